The zero-order valence-electron chi connectivity index (χ0n) is 44.1. The first-order valence-corrected chi connectivity index (χ1v) is 26.5. The highest BCUT2D eigenvalue weighted by Crippen LogP contribution is 2.76. The third-order valence-corrected chi connectivity index (χ3v) is 20.0. The number of allylic oxidation sites excluding steroid dienone is 2. The van der Waals surface area contributed by atoms with Crippen molar-refractivity contribution < 1.29 is 118 Å². The maximum atomic E-state index is 14.8. The van der Waals surface area contributed by atoms with E-state index in [0.717, 1.165) is 12.8 Å². The van der Waals surface area contributed by atoms with Crippen LogP contribution in [0.4, 0.5) is 0 Å². The first kappa shape index (κ1) is 59.1. The van der Waals surface area contributed by atoms with Gasteiger partial charge in [-0.15, -0.1) is 0 Å². The summed E-state index contributed by atoms with van der Waals surface area (Å²) in [4.78, 5) is 51.1. The summed E-state index contributed by atoms with van der Waals surface area (Å²) in [7, 11) is 0. The lowest BCUT2D eigenvalue weighted by molar-refractivity contribution is -0.380. The van der Waals surface area contributed by atoms with Crippen molar-refractivity contribution in [3.63, 3.8) is 0 Å². The van der Waals surface area contributed by atoms with E-state index in [-0.39, 0.29) is 39.4 Å². The van der Waals surface area contributed by atoms with Crippen LogP contribution in [0.25, 0.3) is 0 Å². The van der Waals surface area contributed by atoms with Gasteiger partial charge in [-0.3, -0.25) is 4.79 Å². The second-order valence-electron chi connectivity index (χ2n) is 25.0. The summed E-state index contributed by atoms with van der Waals surface area (Å²) < 4.78 is 46.9. The van der Waals surface area contributed by atoms with E-state index in [9.17, 15) is 80.5 Å². The lowest BCUT2D eigenvalue weighted by Gasteiger charge is -2.71. The van der Waals surface area contributed by atoms with Gasteiger partial charge in [0.15, 0.2) is 25.0 Å². The minimum atomic E-state index is -2.58. The van der Waals surface area contributed by atoms with E-state index >= 15 is 0 Å². The van der Waals surface area contributed by atoms with E-state index in [1.807, 2.05) is 13.8 Å². The molecule has 1 unspecified atom stereocenters. The van der Waals surface area contributed by atoms with E-state index < -0.39 is 159 Å². The third-order valence-electron chi connectivity index (χ3n) is 20.0. The lowest BCUT2D eigenvalue weighted by atomic mass is 9.33. The maximum absolute atomic E-state index is 14.8. The zero-order chi connectivity index (χ0) is 56.0. The van der Waals surface area contributed by atoms with Gasteiger partial charge in [-0.1, -0.05) is 60.1 Å². The number of carbonyl (C=O) groups excluding carboxylic acids is 1. The van der Waals surface area contributed by atoms with Gasteiger partial charge in [0.1, 0.15) is 67.6 Å². The molecule has 5 aliphatic carbocycles. The summed E-state index contributed by atoms with van der Waals surface area (Å²) >= 11 is 0. The van der Waals surface area contributed by atoms with Crippen molar-refractivity contribution >= 4 is 23.9 Å². The molecule has 0 aromatic rings. The Hall–Kier alpha value is -3.02. The fraction of sp³-hybridized carbons (Fsp3) is 0.885. The van der Waals surface area contributed by atoms with Crippen LogP contribution in [0, 0.1) is 50.2 Å². The number of carboxylic acids is 3. The average Bonchev–Trinajstić information content (AvgIpc) is 3.42. The van der Waals surface area contributed by atoms with Crippen molar-refractivity contribution in [2.75, 3.05) is 19.8 Å². The normalized spacial score (nSPS) is 47.6. The number of ether oxygens (including phenoxy) is 8. The average molecular weight is 1090 g/mol. The molecular formula is C52H80O24. The predicted octanol–water partition coefficient (Wildman–Crippen LogP) is -0.231. The summed E-state index contributed by atoms with van der Waals surface area (Å²) in [6.45, 7) is 13.0. The maximum Gasteiger partial charge on any atom is 0.337 e. The first-order chi connectivity index (χ1) is 35.4. The van der Waals surface area contributed by atoms with Crippen molar-refractivity contribution in [1.82, 2.24) is 0 Å². The van der Waals surface area contributed by atoms with Crippen LogP contribution in [0.2, 0.25) is 0 Å². The molecule has 0 aromatic carbocycles. The van der Waals surface area contributed by atoms with Gasteiger partial charge in [-0.25, -0.2) is 14.4 Å². The molecule has 3 saturated heterocycles. The van der Waals surface area contributed by atoms with Gasteiger partial charge in [0.05, 0.1) is 24.7 Å². The largest absolute Gasteiger partial charge is 0.480 e. The van der Waals surface area contributed by atoms with Gasteiger partial charge < -0.3 is 99.2 Å². The number of aliphatic hydroxyl groups excluding tert-OH is 9. The third kappa shape index (κ3) is 10.0. The van der Waals surface area contributed by atoms with Crippen LogP contribution in [0.1, 0.15) is 113 Å². The van der Waals surface area contributed by atoms with Crippen molar-refractivity contribution in [1.29, 1.82) is 0 Å². The van der Waals surface area contributed by atoms with Crippen molar-refractivity contribution in [2.45, 2.75) is 217 Å². The molecule has 8 rings (SSSR count). The monoisotopic (exact) mass is 1090 g/mol. The van der Waals surface area contributed by atoms with Gasteiger partial charge >= 0.3 is 23.9 Å². The molecule has 0 radical (unpaired) electrons. The van der Waals surface area contributed by atoms with E-state index in [1.165, 1.54) is 5.57 Å². The second-order valence-corrected chi connectivity index (χ2v) is 25.0. The number of fused-ring (bicyclic) bond motifs is 7. The molecule has 3 aliphatic heterocycles. The Labute approximate surface area is 440 Å². The number of carboxylic acid groups (broad SMARTS) is 3. The number of aliphatic carboxylic acids is 3. The molecule has 0 aromatic heterocycles. The standard InChI is InChI=1S/C52H80O24/c1-47(2)14-16-52(46(68)76-44-34(61)32(59)31(58)25(19-53)71-44)17-15-50(6)22(23(52)18-47)8-9-27-49(5)12-11-28(48(3,4)26(49)10-13-51(27,50)7)72-45-39(75-42-33(60)30(57)24(54)20-69-42)37(35(62)38(74-45)41(66)67)73-43(36(63)40(64)65)70-21-29(55)56/h8,23-28,30-39,42-45,53-54,57-63H,9-21H2,1-7H3,(H,55,56)(H,64,65)(H,66,67)/t23-,24+,25+,26?,27+,28-,30-,31+,32-,33+,34+,35-,36-,37-,38-,39+,42-,43-,44-,45+,49-,50+,51+,52-/m0/s1. The number of esters is 1. The molecular weight excluding hydrogens is 1010 g/mol. The first-order valence-electron chi connectivity index (χ1n) is 26.5. The molecule has 76 heavy (non-hydrogen) atoms. The number of carbonyl (C=O) groups is 4. The highest BCUT2D eigenvalue weighted by atomic mass is 16.8. The molecule has 4 saturated carbocycles. The molecule has 24 atom stereocenters. The number of hydrogen-bond acceptors (Lipinski definition) is 21. The van der Waals surface area contributed by atoms with E-state index in [0.29, 0.717) is 51.4 Å². The summed E-state index contributed by atoms with van der Waals surface area (Å²) in [5, 5.41) is 125. The Bertz CT molecular complexity index is 2190. The fourth-order valence-corrected chi connectivity index (χ4v) is 15.5. The quantitative estimate of drug-likeness (QED) is 0.0436. The lowest BCUT2D eigenvalue weighted by Crippen LogP contribution is -2.67. The van der Waals surface area contributed by atoms with Crippen molar-refractivity contribution in [2.24, 2.45) is 50.2 Å². The Morgan fingerprint density at radius 2 is 1.39 bits per heavy atom. The van der Waals surface area contributed by atoms with Crippen LogP contribution in [0.3, 0.4) is 0 Å². The second kappa shape index (κ2) is 21.5. The summed E-state index contributed by atoms with van der Waals surface area (Å²) in [5.41, 5.74) is -1.65. The zero-order valence-corrected chi connectivity index (χ0v) is 44.1. The van der Waals surface area contributed by atoms with Gasteiger partial charge in [-0.2, -0.15) is 0 Å². The van der Waals surface area contributed by atoms with Gasteiger partial charge in [-0.05, 0) is 109 Å². The Morgan fingerprint density at radius 3 is 2.04 bits per heavy atom. The fourth-order valence-electron chi connectivity index (χ4n) is 15.5. The SMILES string of the molecule is CC1(C)CC[C@]2(C(=O)O[C@@H]3O[C@H](CO)[C@@H](O)[C@H](O)[C@H]3O)CC[C@]3(C)C(=CC[C@@H]4[C@@]5(C)CC[C@H](O[C@@H]6O[C@H](C(=O)O)[C@@H](O)[C@H](O[C@H](OCC(=O)O)[C@@H](O)C(=O)O)[C@H]6O[C@@H]6OC[C@@H](O)[C@H](O)[C@H]6O)C(C)(C)C5CC[C@]43C)[C@@H]2C1. The van der Waals surface area contributed by atoms with Crippen LogP contribution in [0.15, 0.2) is 11.6 Å². The predicted molar refractivity (Wildman–Crippen MR) is 255 cm³/mol. The topological polar surface area (TPSA) is 385 Å². The molecule has 24 heteroatoms. The number of rotatable bonds is 15. The van der Waals surface area contributed by atoms with Crippen LogP contribution in [-0.2, 0) is 57.1 Å². The van der Waals surface area contributed by atoms with E-state index in [1.54, 1.807) is 0 Å². The van der Waals surface area contributed by atoms with Gasteiger partial charge in [0.2, 0.25) is 12.4 Å². The summed E-state index contributed by atoms with van der Waals surface area (Å²) in [5.74, 6) is -5.97. The number of aliphatic hydroxyl groups is 9. The Kier molecular flexibility index (Phi) is 16.7. The highest BCUT2D eigenvalue weighted by molar-refractivity contribution is 5.79. The molecule has 432 valence electrons. The molecule has 3 heterocycles. The molecule has 0 bridgehead atoms. The smallest absolute Gasteiger partial charge is 0.337 e. The molecule has 12 N–H and O–H groups in total. The summed E-state index contributed by atoms with van der Waals surface area (Å²) in [6, 6.07) is 0. The minimum Gasteiger partial charge on any atom is -0.480 e. The highest BCUT2D eigenvalue weighted by Gasteiger charge is 2.70. The van der Waals surface area contributed by atoms with Crippen LogP contribution < -0.4 is 0 Å². The van der Waals surface area contributed by atoms with Crippen molar-refractivity contribution in [3.05, 3.63) is 11.6 Å². The van der Waals surface area contributed by atoms with Crippen LogP contribution in [0.5, 0.6) is 0 Å². The minimum absolute atomic E-state index is 0.0456. The Morgan fingerprint density at radius 1 is 0.724 bits per heavy atom. The molecule has 8 aliphatic rings. The van der Waals surface area contributed by atoms with Crippen LogP contribution >= 0.6 is 0 Å². The van der Waals surface area contributed by atoms with Gasteiger partial charge in [0, 0.05) is 0 Å². The number of hydrogen-bond donors (Lipinski definition) is 12. The molecule has 24 nitrogen and oxygen atoms in total. The Balaban J connectivity index is 1.08. The van der Waals surface area contributed by atoms with Gasteiger partial charge in [0.25, 0.3) is 0 Å². The molecule has 0 spiro atoms. The summed E-state index contributed by atoms with van der Waals surface area (Å²) in [6.07, 6.45) is -22.4. The molecule has 0 amide bonds. The van der Waals surface area contributed by atoms with E-state index in [4.69, 9.17) is 37.9 Å². The van der Waals surface area contributed by atoms with Crippen LogP contribution in [-0.4, -0.2) is 209 Å². The van der Waals surface area contributed by atoms with E-state index in [2.05, 4.69) is 40.7 Å². The molecule has 7 fully saturated rings. The van der Waals surface area contributed by atoms with Crippen molar-refractivity contribution in [3.8, 4) is 0 Å².